The molecule has 0 spiro atoms. The van der Waals surface area contributed by atoms with Crippen LogP contribution in [0.15, 0.2) is 0 Å². The van der Waals surface area contributed by atoms with Crippen molar-refractivity contribution in [3.05, 3.63) is 0 Å². The van der Waals surface area contributed by atoms with E-state index in [-0.39, 0.29) is 0 Å². The van der Waals surface area contributed by atoms with E-state index in [0.717, 1.165) is 29.4 Å². The molecule has 0 aromatic rings. The quantitative estimate of drug-likeness (QED) is 0.543. The molecule has 0 heterocycles. The van der Waals surface area contributed by atoms with Gasteiger partial charge in [-0.3, -0.25) is 0 Å². The van der Waals surface area contributed by atoms with Crippen LogP contribution in [0.3, 0.4) is 0 Å². The summed E-state index contributed by atoms with van der Waals surface area (Å²) in [4.78, 5) is 0. The Labute approximate surface area is 124 Å². The van der Waals surface area contributed by atoms with Gasteiger partial charge < -0.3 is 17.5 Å². The smallest absolute Gasteiger partial charge is 0.374 e. The van der Waals surface area contributed by atoms with Crippen LogP contribution in [0.25, 0.3) is 0 Å². The van der Waals surface area contributed by atoms with E-state index in [1.54, 1.807) is 0 Å². The van der Waals surface area contributed by atoms with Gasteiger partial charge in [-0.25, -0.2) is 0 Å². The third kappa shape index (κ3) is 7.74. The predicted molar refractivity (Wildman–Crippen MR) is 90.0 cm³/mol. The molecule has 0 aliphatic carbocycles. The summed E-state index contributed by atoms with van der Waals surface area (Å²) in [5.41, 5.74) is 0. The highest BCUT2D eigenvalue weighted by Crippen LogP contribution is 2.19. The lowest BCUT2D eigenvalue weighted by Crippen LogP contribution is -2.48. The van der Waals surface area contributed by atoms with E-state index in [0.29, 0.717) is 19.8 Å². The predicted octanol–water partition coefficient (Wildman–Crippen LogP) is 1.84. The molecular formula is C12H33NO3Si3. The molecule has 0 aliphatic heterocycles. The van der Waals surface area contributed by atoms with E-state index in [2.05, 4.69) is 23.9 Å². The van der Waals surface area contributed by atoms with Crippen molar-refractivity contribution < 1.29 is 13.3 Å². The molecule has 4 nitrogen and oxygen atoms in total. The lowest BCUT2D eigenvalue weighted by Gasteiger charge is -2.32. The average molecular weight is 324 g/mol. The van der Waals surface area contributed by atoms with Crippen molar-refractivity contribution in [3.63, 3.8) is 0 Å². The minimum Gasteiger partial charge on any atom is -0.374 e. The van der Waals surface area contributed by atoms with Gasteiger partial charge in [-0.2, -0.15) is 0 Å². The number of hydrogen-bond acceptors (Lipinski definition) is 4. The molecule has 116 valence electrons. The maximum atomic E-state index is 5.88. The number of rotatable bonds is 11. The second-order valence-corrected chi connectivity index (χ2v) is 15.5. The summed E-state index contributed by atoms with van der Waals surface area (Å²) in [7, 11) is -2.40. The van der Waals surface area contributed by atoms with E-state index in [1.807, 2.05) is 20.8 Å². The Morgan fingerprint density at radius 3 is 1.63 bits per heavy atom. The van der Waals surface area contributed by atoms with E-state index < -0.39 is 17.0 Å². The van der Waals surface area contributed by atoms with Crippen molar-refractivity contribution in [3.8, 4) is 0 Å². The highest BCUT2D eigenvalue weighted by molar-refractivity contribution is 6.77. The van der Waals surface area contributed by atoms with Crippen LogP contribution in [0.2, 0.25) is 25.7 Å². The molecule has 0 saturated carbocycles. The summed E-state index contributed by atoms with van der Waals surface area (Å²) in [5, 5.41) is 0. The lowest BCUT2D eigenvalue weighted by molar-refractivity contribution is 0.0707. The van der Waals surface area contributed by atoms with Gasteiger partial charge in [0.25, 0.3) is 0 Å². The minimum absolute atomic E-state index is 0.671. The van der Waals surface area contributed by atoms with E-state index in [1.165, 1.54) is 0 Å². The summed E-state index contributed by atoms with van der Waals surface area (Å²) >= 11 is 0. The molecule has 0 unspecified atom stereocenters. The Morgan fingerprint density at radius 2 is 1.32 bits per heavy atom. The zero-order chi connectivity index (χ0) is 14.9. The molecular weight excluding hydrogens is 290 g/mol. The van der Waals surface area contributed by atoms with Gasteiger partial charge in [0.15, 0.2) is 0 Å². The molecule has 0 amide bonds. The largest absolute Gasteiger partial charge is 0.500 e. The maximum Gasteiger partial charge on any atom is 0.500 e. The maximum absolute atomic E-state index is 5.88. The van der Waals surface area contributed by atoms with Crippen LogP contribution >= 0.6 is 0 Å². The van der Waals surface area contributed by atoms with Gasteiger partial charge in [-0.15, -0.1) is 0 Å². The van der Waals surface area contributed by atoms with Crippen molar-refractivity contribution in [2.45, 2.75) is 52.9 Å². The third-order valence-electron chi connectivity index (χ3n) is 3.21. The summed E-state index contributed by atoms with van der Waals surface area (Å²) < 4.78 is 20.3. The van der Waals surface area contributed by atoms with Gasteiger partial charge in [-0.1, -0.05) is 19.6 Å². The van der Waals surface area contributed by atoms with Crippen LogP contribution in [-0.4, -0.2) is 58.0 Å². The van der Waals surface area contributed by atoms with Gasteiger partial charge in [0.05, 0.1) is 10.4 Å². The molecule has 0 saturated heterocycles. The Bertz CT molecular complexity index is 220. The summed E-state index contributed by atoms with van der Waals surface area (Å²) in [6, 6.07) is 0.936. The van der Waals surface area contributed by atoms with E-state index >= 15 is 0 Å². The van der Waals surface area contributed by atoms with Crippen LogP contribution in [0, 0.1) is 0 Å². The van der Waals surface area contributed by atoms with Crippen LogP contribution < -0.4 is 0 Å². The first kappa shape index (κ1) is 19.5. The van der Waals surface area contributed by atoms with Gasteiger partial charge in [0.1, 0.15) is 8.24 Å². The lowest BCUT2D eigenvalue weighted by atomic mass is 10.5. The minimum atomic E-state index is -2.42. The Hall–Kier alpha value is 0.491. The summed E-state index contributed by atoms with van der Waals surface area (Å²) in [5.74, 6) is 0. The van der Waals surface area contributed by atoms with Crippen molar-refractivity contribution in [1.29, 1.82) is 0 Å². The first-order chi connectivity index (χ1) is 8.81. The molecule has 0 aromatic carbocycles. The summed E-state index contributed by atoms with van der Waals surface area (Å²) in [6.45, 7) is 16.4. The second-order valence-electron chi connectivity index (χ2n) is 5.68. The fourth-order valence-corrected chi connectivity index (χ4v) is 5.61. The number of nitrogens with zero attached hydrogens (tertiary/aromatic N) is 1. The van der Waals surface area contributed by atoms with Crippen molar-refractivity contribution in [1.82, 2.24) is 4.23 Å². The van der Waals surface area contributed by atoms with E-state index in [9.17, 15) is 0 Å². The molecule has 0 atom stereocenters. The van der Waals surface area contributed by atoms with Crippen LogP contribution in [-0.2, 0) is 13.3 Å². The van der Waals surface area contributed by atoms with Gasteiger partial charge >= 0.3 is 8.80 Å². The molecule has 0 bridgehead atoms. The molecule has 0 fully saturated rings. The normalized spacial score (nSPS) is 13.4. The molecule has 0 rings (SSSR count). The Balaban J connectivity index is 4.39. The standard InChI is InChI=1S/C12H33NO3Si3/c1-7-14-19(15-8-2,16-9-3)12-10-11-13(17)18(4,5)6/h7-12H2,1-6,17H3. The Morgan fingerprint density at radius 1 is 0.895 bits per heavy atom. The van der Waals surface area contributed by atoms with Gasteiger partial charge in [0.2, 0.25) is 0 Å². The third-order valence-corrected chi connectivity index (χ3v) is 13.4. The van der Waals surface area contributed by atoms with Crippen LogP contribution in [0.5, 0.6) is 0 Å². The first-order valence-corrected chi connectivity index (χ1v) is 13.7. The van der Waals surface area contributed by atoms with Gasteiger partial charge in [-0.05, 0) is 33.7 Å². The highest BCUT2D eigenvalue weighted by Gasteiger charge is 2.39. The average Bonchev–Trinajstić information content (AvgIpc) is 2.28. The first-order valence-electron chi connectivity index (χ1n) is 7.44. The molecule has 7 heteroatoms. The molecule has 0 aliphatic rings. The SMILES string of the molecule is CCO[Si](CCCN([SiH3])[Si](C)(C)C)(OCC)OCC. The molecule has 0 N–H and O–H groups in total. The fourth-order valence-electron chi connectivity index (χ4n) is 1.87. The summed E-state index contributed by atoms with van der Waals surface area (Å²) in [6.07, 6.45) is 1.11. The van der Waals surface area contributed by atoms with E-state index in [4.69, 9.17) is 13.3 Å². The topological polar surface area (TPSA) is 30.9 Å². The molecule has 0 radical (unpaired) electrons. The zero-order valence-corrected chi connectivity index (χ0v) is 17.9. The zero-order valence-electron chi connectivity index (χ0n) is 13.9. The van der Waals surface area contributed by atoms with Crippen molar-refractivity contribution in [2.24, 2.45) is 0 Å². The monoisotopic (exact) mass is 323 g/mol. The highest BCUT2D eigenvalue weighted by atomic mass is 28.4. The number of hydrogen-bond donors (Lipinski definition) is 0. The van der Waals surface area contributed by atoms with Crippen LogP contribution in [0.4, 0.5) is 0 Å². The fraction of sp³-hybridized carbons (Fsp3) is 1.00. The van der Waals surface area contributed by atoms with Gasteiger partial charge in [0, 0.05) is 25.9 Å². The molecule has 19 heavy (non-hydrogen) atoms. The van der Waals surface area contributed by atoms with Crippen molar-refractivity contribution >= 4 is 27.4 Å². The second kappa shape index (κ2) is 9.43. The van der Waals surface area contributed by atoms with Crippen molar-refractivity contribution in [2.75, 3.05) is 26.4 Å². The van der Waals surface area contributed by atoms with Crippen LogP contribution in [0.1, 0.15) is 27.2 Å². The molecule has 0 aromatic heterocycles. The Kier molecular flexibility index (Phi) is 9.67.